The Balaban J connectivity index is 1.11. The largest absolute Gasteiger partial charge is 0.457 e. The first-order chi connectivity index (χ1) is 16.1. The molecule has 1 amide bonds. The predicted molar refractivity (Wildman–Crippen MR) is 120 cm³/mol. The van der Waals surface area contributed by atoms with Crippen molar-refractivity contribution in [2.75, 3.05) is 32.7 Å². The number of amides is 1. The van der Waals surface area contributed by atoms with Crippen molar-refractivity contribution >= 4 is 11.9 Å². The number of carbonyl (C=O) groups is 2. The van der Waals surface area contributed by atoms with Gasteiger partial charge in [0.1, 0.15) is 19.3 Å². The third kappa shape index (κ3) is 4.63. The van der Waals surface area contributed by atoms with Crippen LogP contribution in [-0.4, -0.2) is 74.1 Å². The number of benzene rings is 1. The van der Waals surface area contributed by atoms with Crippen LogP contribution >= 0.6 is 0 Å². The van der Waals surface area contributed by atoms with E-state index in [0.29, 0.717) is 24.4 Å². The van der Waals surface area contributed by atoms with Crippen LogP contribution in [0.3, 0.4) is 0 Å². The van der Waals surface area contributed by atoms with Gasteiger partial charge in [-0.15, -0.1) is 0 Å². The normalized spacial score (nSPS) is 16.0. The molecule has 9 nitrogen and oxygen atoms in total. The molecule has 1 aromatic carbocycles. The van der Waals surface area contributed by atoms with E-state index in [4.69, 9.17) is 4.74 Å². The summed E-state index contributed by atoms with van der Waals surface area (Å²) < 4.78 is 6.69. The average Bonchev–Trinajstić information content (AvgIpc) is 3.50. The first-order valence-corrected chi connectivity index (χ1v) is 11.2. The number of hydrogen-bond acceptors (Lipinski definition) is 7. The van der Waals surface area contributed by atoms with E-state index in [2.05, 4.69) is 26.0 Å². The van der Waals surface area contributed by atoms with Crippen molar-refractivity contribution in [1.29, 1.82) is 0 Å². The summed E-state index contributed by atoms with van der Waals surface area (Å²) in [6.07, 6.45) is 4.34. The quantitative estimate of drug-likeness (QED) is 0.531. The highest BCUT2D eigenvalue weighted by atomic mass is 16.5. The number of ether oxygens (including phenoxy) is 1. The fourth-order valence-corrected chi connectivity index (χ4v) is 4.34. The van der Waals surface area contributed by atoms with Gasteiger partial charge in [0.15, 0.2) is 5.82 Å². The summed E-state index contributed by atoms with van der Waals surface area (Å²) in [6, 6.07) is 9.76. The van der Waals surface area contributed by atoms with Gasteiger partial charge in [-0.25, -0.2) is 19.4 Å². The Morgan fingerprint density at radius 1 is 1.12 bits per heavy atom. The third-order valence-corrected chi connectivity index (χ3v) is 6.37. The van der Waals surface area contributed by atoms with Crippen LogP contribution in [-0.2, 0) is 29.0 Å². The molecule has 0 radical (unpaired) electrons. The van der Waals surface area contributed by atoms with Gasteiger partial charge in [-0.2, -0.15) is 5.10 Å². The number of cyclic esters (lactones) is 1. The maximum Gasteiger partial charge on any atom is 0.338 e. The van der Waals surface area contributed by atoms with E-state index in [1.54, 1.807) is 11.0 Å². The molecule has 2 aliphatic rings. The number of aryl methyl sites for hydroxylation is 1. The molecule has 0 atom stereocenters. The van der Waals surface area contributed by atoms with E-state index in [9.17, 15) is 9.59 Å². The topological polar surface area (TPSA) is 93.5 Å². The zero-order valence-electron chi connectivity index (χ0n) is 18.6. The molecule has 0 unspecified atom stereocenters. The van der Waals surface area contributed by atoms with Crippen molar-refractivity contribution in [3.8, 4) is 5.82 Å². The smallest absolute Gasteiger partial charge is 0.338 e. The van der Waals surface area contributed by atoms with Gasteiger partial charge in [-0.1, -0.05) is 18.2 Å². The molecule has 33 heavy (non-hydrogen) atoms. The average molecular weight is 447 g/mol. The molecular weight excluding hydrogens is 420 g/mol. The molecule has 0 spiro atoms. The summed E-state index contributed by atoms with van der Waals surface area (Å²) >= 11 is 0. The molecule has 2 aromatic heterocycles. The molecule has 1 saturated heterocycles. The van der Waals surface area contributed by atoms with Crippen molar-refractivity contribution in [3.63, 3.8) is 0 Å². The highest BCUT2D eigenvalue weighted by molar-refractivity contribution is 5.93. The third-order valence-electron chi connectivity index (χ3n) is 6.37. The molecule has 0 bridgehead atoms. The number of piperazine rings is 1. The zero-order valence-corrected chi connectivity index (χ0v) is 18.6. The van der Waals surface area contributed by atoms with Gasteiger partial charge < -0.3 is 9.64 Å². The number of pyridine rings is 1. The standard InChI is InChI=1S/C24H26N6O3/c1-17-19(3-5-22(27-17)30-16-25-15-26-30)13-23(31)29-10-8-28(9-11-29)7-6-18-2-4-21-20(12-18)14-33-24(21)32/h2-5,12,15-16H,6-11,13-14H2,1H3. The van der Waals surface area contributed by atoms with Crippen LogP contribution in [0, 0.1) is 6.92 Å². The van der Waals surface area contributed by atoms with Gasteiger partial charge in [0, 0.05) is 44.0 Å². The van der Waals surface area contributed by atoms with Crippen molar-refractivity contribution < 1.29 is 14.3 Å². The van der Waals surface area contributed by atoms with Gasteiger partial charge in [-0.05, 0) is 36.6 Å². The van der Waals surface area contributed by atoms with Crippen molar-refractivity contribution in [2.45, 2.75) is 26.4 Å². The Morgan fingerprint density at radius 3 is 2.73 bits per heavy atom. The lowest BCUT2D eigenvalue weighted by Crippen LogP contribution is -2.49. The summed E-state index contributed by atoms with van der Waals surface area (Å²) in [7, 11) is 0. The number of esters is 1. The molecule has 0 aliphatic carbocycles. The second kappa shape index (κ2) is 9.11. The Labute approximate surface area is 192 Å². The number of aromatic nitrogens is 4. The Morgan fingerprint density at radius 2 is 1.97 bits per heavy atom. The summed E-state index contributed by atoms with van der Waals surface area (Å²) in [5, 5.41) is 4.10. The van der Waals surface area contributed by atoms with Crippen LogP contribution in [0.5, 0.6) is 0 Å². The van der Waals surface area contributed by atoms with Gasteiger partial charge >= 0.3 is 5.97 Å². The van der Waals surface area contributed by atoms with Gasteiger partial charge in [0.05, 0.1) is 12.0 Å². The molecule has 170 valence electrons. The maximum atomic E-state index is 12.9. The van der Waals surface area contributed by atoms with Gasteiger partial charge in [0.2, 0.25) is 5.91 Å². The minimum absolute atomic E-state index is 0.136. The summed E-state index contributed by atoms with van der Waals surface area (Å²) in [5.74, 6) is 0.600. The molecule has 5 rings (SSSR count). The van der Waals surface area contributed by atoms with Gasteiger partial charge in [-0.3, -0.25) is 9.69 Å². The van der Waals surface area contributed by atoms with Crippen LogP contribution in [0.1, 0.15) is 32.7 Å². The number of hydrogen-bond donors (Lipinski definition) is 0. The van der Waals surface area contributed by atoms with E-state index in [0.717, 1.165) is 56.0 Å². The minimum atomic E-state index is -0.227. The lowest BCUT2D eigenvalue weighted by Gasteiger charge is -2.35. The SMILES string of the molecule is Cc1nc(-n2cncn2)ccc1CC(=O)N1CCN(CCc2ccc3c(c2)COC3=O)CC1. The van der Waals surface area contributed by atoms with Crippen LogP contribution < -0.4 is 0 Å². The number of rotatable bonds is 6. The molecular formula is C24H26N6O3. The molecule has 9 heteroatoms. The van der Waals surface area contributed by atoms with Crippen molar-refractivity contribution in [2.24, 2.45) is 0 Å². The fraction of sp³-hybridized carbons (Fsp3) is 0.375. The van der Waals surface area contributed by atoms with E-state index in [1.165, 1.54) is 11.9 Å². The van der Waals surface area contributed by atoms with E-state index >= 15 is 0 Å². The fourth-order valence-electron chi connectivity index (χ4n) is 4.34. The Hall–Kier alpha value is -3.59. The Bertz CT molecular complexity index is 1170. The van der Waals surface area contributed by atoms with E-state index in [1.807, 2.05) is 36.1 Å². The monoisotopic (exact) mass is 446 g/mol. The number of fused-ring (bicyclic) bond motifs is 1. The van der Waals surface area contributed by atoms with Crippen molar-refractivity contribution in [3.05, 3.63) is 70.9 Å². The summed E-state index contributed by atoms with van der Waals surface area (Å²) in [6.45, 7) is 6.41. The van der Waals surface area contributed by atoms with Crippen molar-refractivity contribution in [1.82, 2.24) is 29.5 Å². The zero-order chi connectivity index (χ0) is 22.8. The second-order valence-corrected chi connectivity index (χ2v) is 8.47. The van der Waals surface area contributed by atoms with Crippen LogP contribution in [0.15, 0.2) is 43.0 Å². The van der Waals surface area contributed by atoms with Crippen LogP contribution in [0.25, 0.3) is 5.82 Å². The first-order valence-electron chi connectivity index (χ1n) is 11.2. The Kier molecular flexibility index (Phi) is 5.87. The first kappa shape index (κ1) is 21.3. The molecule has 0 N–H and O–H groups in total. The minimum Gasteiger partial charge on any atom is -0.457 e. The number of carbonyl (C=O) groups excluding carboxylic acids is 2. The maximum absolute atomic E-state index is 12.9. The van der Waals surface area contributed by atoms with Crippen LogP contribution in [0.2, 0.25) is 0 Å². The molecule has 1 fully saturated rings. The molecule has 4 heterocycles. The van der Waals surface area contributed by atoms with E-state index in [-0.39, 0.29) is 11.9 Å². The lowest BCUT2D eigenvalue weighted by molar-refractivity contribution is -0.132. The van der Waals surface area contributed by atoms with E-state index < -0.39 is 0 Å². The predicted octanol–water partition coefficient (Wildman–Crippen LogP) is 1.57. The highest BCUT2D eigenvalue weighted by Gasteiger charge is 2.23. The molecule has 2 aliphatic heterocycles. The number of nitrogens with zero attached hydrogens (tertiary/aromatic N) is 6. The molecule has 0 saturated carbocycles. The van der Waals surface area contributed by atoms with Gasteiger partial charge in [0.25, 0.3) is 0 Å². The summed E-state index contributed by atoms with van der Waals surface area (Å²) in [5.41, 5.74) is 4.64. The second-order valence-electron chi connectivity index (χ2n) is 8.47. The molecule has 3 aromatic rings. The highest BCUT2D eigenvalue weighted by Crippen LogP contribution is 2.21. The van der Waals surface area contributed by atoms with Crippen LogP contribution in [0.4, 0.5) is 0 Å². The summed E-state index contributed by atoms with van der Waals surface area (Å²) in [4.78, 5) is 37.3. The lowest BCUT2D eigenvalue weighted by atomic mass is 10.0.